The van der Waals surface area contributed by atoms with Crippen molar-refractivity contribution in [2.24, 2.45) is 5.73 Å². The third-order valence-electron chi connectivity index (χ3n) is 3.08. The van der Waals surface area contributed by atoms with Gasteiger partial charge in [-0.25, -0.2) is 0 Å². The van der Waals surface area contributed by atoms with E-state index < -0.39 is 0 Å². The first-order chi connectivity index (χ1) is 8.08. The lowest BCUT2D eigenvalue weighted by molar-refractivity contribution is 0.0532. The lowest BCUT2D eigenvalue weighted by Crippen LogP contribution is -2.41. The van der Waals surface area contributed by atoms with Crippen molar-refractivity contribution in [1.29, 1.82) is 0 Å². The van der Waals surface area contributed by atoms with Crippen molar-refractivity contribution in [2.45, 2.75) is 26.0 Å². The number of nitrogens with zero attached hydrogens (tertiary/aromatic N) is 1. The molecule has 0 radical (unpaired) electrons. The first-order valence-corrected chi connectivity index (χ1v) is 6.79. The van der Waals surface area contributed by atoms with Gasteiger partial charge < -0.3 is 15.4 Å². The van der Waals surface area contributed by atoms with E-state index in [0.29, 0.717) is 6.10 Å². The number of hydrogen-bond acceptors (Lipinski definition) is 3. The van der Waals surface area contributed by atoms with Crippen LogP contribution in [0.25, 0.3) is 0 Å². The third-order valence-corrected chi connectivity index (χ3v) is 3.71. The minimum absolute atomic E-state index is 0.0731. The summed E-state index contributed by atoms with van der Waals surface area (Å²) in [6, 6.07) is 6.43. The molecule has 1 aliphatic rings. The van der Waals surface area contributed by atoms with E-state index in [2.05, 4.69) is 46.0 Å². The number of ether oxygens (including phenoxy) is 1. The third kappa shape index (κ3) is 3.00. The van der Waals surface area contributed by atoms with E-state index >= 15 is 0 Å². The molecular formula is C13H19BrN2O. The molecule has 1 heterocycles. The van der Waals surface area contributed by atoms with Crippen LogP contribution in [0.3, 0.4) is 0 Å². The second-order valence-corrected chi connectivity index (χ2v) is 5.48. The van der Waals surface area contributed by atoms with Crippen molar-refractivity contribution >= 4 is 21.6 Å². The van der Waals surface area contributed by atoms with Gasteiger partial charge >= 0.3 is 0 Å². The van der Waals surface area contributed by atoms with Gasteiger partial charge in [-0.05, 0) is 47.5 Å². The molecule has 0 aromatic heterocycles. The summed E-state index contributed by atoms with van der Waals surface area (Å²) >= 11 is 3.63. The quantitative estimate of drug-likeness (QED) is 0.912. The molecule has 3 nitrogen and oxygen atoms in total. The highest BCUT2D eigenvalue weighted by Crippen LogP contribution is 2.30. The molecule has 0 amide bonds. The molecule has 0 spiro atoms. The zero-order valence-electron chi connectivity index (χ0n) is 10.3. The second-order valence-electron chi connectivity index (χ2n) is 4.63. The molecule has 17 heavy (non-hydrogen) atoms. The Morgan fingerprint density at radius 3 is 2.88 bits per heavy atom. The lowest BCUT2D eigenvalue weighted by Gasteiger charge is -2.33. The maximum absolute atomic E-state index is 5.88. The Bertz CT molecular complexity index is 395. The standard InChI is InChI=1S/C13H19BrN2O/c1-9-8-16(5-6-17-9)13-4-3-11(10(2)15)7-12(13)14/h3-4,7,9-10H,5-6,8,15H2,1-2H3/t9?,10-/m1/s1. The Kier molecular flexibility index (Phi) is 4.07. The van der Waals surface area contributed by atoms with E-state index in [0.717, 1.165) is 29.7 Å². The van der Waals surface area contributed by atoms with Crippen LogP contribution in [0.4, 0.5) is 5.69 Å². The molecule has 1 aliphatic heterocycles. The Balaban J connectivity index is 2.21. The molecule has 0 aliphatic carbocycles. The fourth-order valence-electron chi connectivity index (χ4n) is 2.10. The molecule has 0 bridgehead atoms. The van der Waals surface area contributed by atoms with E-state index in [1.54, 1.807) is 0 Å². The van der Waals surface area contributed by atoms with E-state index in [4.69, 9.17) is 10.5 Å². The second kappa shape index (κ2) is 5.38. The van der Waals surface area contributed by atoms with Crippen LogP contribution in [0.2, 0.25) is 0 Å². The Labute approximate surface area is 111 Å². The van der Waals surface area contributed by atoms with Gasteiger partial charge in [0.25, 0.3) is 0 Å². The van der Waals surface area contributed by atoms with Crippen molar-refractivity contribution in [1.82, 2.24) is 0 Å². The Hall–Kier alpha value is -0.580. The van der Waals surface area contributed by atoms with Gasteiger partial charge in [0, 0.05) is 23.6 Å². The minimum atomic E-state index is 0.0731. The topological polar surface area (TPSA) is 38.5 Å². The zero-order chi connectivity index (χ0) is 12.4. The highest BCUT2D eigenvalue weighted by atomic mass is 79.9. The van der Waals surface area contributed by atoms with Crippen LogP contribution >= 0.6 is 15.9 Å². The van der Waals surface area contributed by atoms with Gasteiger partial charge in [0.05, 0.1) is 18.4 Å². The van der Waals surface area contributed by atoms with Crippen LogP contribution in [0.15, 0.2) is 22.7 Å². The smallest absolute Gasteiger partial charge is 0.0722 e. The van der Waals surface area contributed by atoms with E-state index in [1.165, 1.54) is 5.69 Å². The van der Waals surface area contributed by atoms with Crippen molar-refractivity contribution in [3.8, 4) is 0 Å². The zero-order valence-corrected chi connectivity index (χ0v) is 11.9. The number of rotatable bonds is 2. The average molecular weight is 299 g/mol. The summed E-state index contributed by atoms with van der Waals surface area (Å²) in [5.41, 5.74) is 8.26. The van der Waals surface area contributed by atoms with Gasteiger partial charge in [-0.3, -0.25) is 0 Å². The molecular weight excluding hydrogens is 280 g/mol. The summed E-state index contributed by atoms with van der Waals surface area (Å²) in [6.07, 6.45) is 0.295. The molecule has 1 fully saturated rings. The van der Waals surface area contributed by atoms with Crippen molar-refractivity contribution < 1.29 is 4.74 Å². The van der Waals surface area contributed by atoms with E-state index in [-0.39, 0.29) is 6.04 Å². The molecule has 2 atom stereocenters. The monoisotopic (exact) mass is 298 g/mol. The largest absolute Gasteiger partial charge is 0.375 e. The van der Waals surface area contributed by atoms with Crippen molar-refractivity contribution in [3.05, 3.63) is 28.2 Å². The van der Waals surface area contributed by atoms with E-state index in [1.807, 2.05) is 6.92 Å². The van der Waals surface area contributed by atoms with Gasteiger partial charge in [-0.15, -0.1) is 0 Å². The van der Waals surface area contributed by atoms with Crippen LogP contribution < -0.4 is 10.6 Å². The maximum Gasteiger partial charge on any atom is 0.0722 e. The molecule has 94 valence electrons. The first kappa shape index (κ1) is 12.9. The normalized spacial score (nSPS) is 22.6. The summed E-state index contributed by atoms with van der Waals surface area (Å²) in [5, 5.41) is 0. The number of morpholine rings is 1. The van der Waals surface area contributed by atoms with Gasteiger partial charge in [0.15, 0.2) is 0 Å². The van der Waals surface area contributed by atoms with Crippen LogP contribution in [0, 0.1) is 0 Å². The van der Waals surface area contributed by atoms with Crippen LogP contribution in [0.5, 0.6) is 0 Å². The number of benzene rings is 1. The Morgan fingerprint density at radius 2 is 2.29 bits per heavy atom. The van der Waals surface area contributed by atoms with Gasteiger partial charge in [-0.2, -0.15) is 0 Å². The number of nitrogens with two attached hydrogens (primary N) is 1. The molecule has 1 saturated heterocycles. The molecule has 4 heteroatoms. The number of anilines is 1. The summed E-state index contributed by atoms with van der Waals surface area (Å²) < 4.78 is 6.67. The fraction of sp³-hybridized carbons (Fsp3) is 0.538. The number of halogens is 1. The Morgan fingerprint density at radius 1 is 1.53 bits per heavy atom. The molecule has 1 aromatic rings. The predicted molar refractivity (Wildman–Crippen MR) is 74.4 cm³/mol. The van der Waals surface area contributed by atoms with Gasteiger partial charge in [-0.1, -0.05) is 6.07 Å². The molecule has 2 N–H and O–H groups in total. The minimum Gasteiger partial charge on any atom is -0.375 e. The predicted octanol–water partition coefficient (Wildman–Crippen LogP) is 2.69. The van der Waals surface area contributed by atoms with E-state index in [9.17, 15) is 0 Å². The summed E-state index contributed by atoms with van der Waals surface area (Å²) in [4.78, 5) is 2.35. The van der Waals surface area contributed by atoms with Crippen LogP contribution in [0.1, 0.15) is 25.5 Å². The summed E-state index contributed by atoms with van der Waals surface area (Å²) in [5.74, 6) is 0. The first-order valence-electron chi connectivity index (χ1n) is 5.99. The van der Waals surface area contributed by atoms with Crippen LogP contribution in [-0.4, -0.2) is 25.8 Å². The van der Waals surface area contributed by atoms with Gasteiger partial charge in [0.2, 0.25) is 0 Å². The van der Waals surface area contributed by atoms with Crippen LogP contribution in [-0.2, 0) is 4.74 Å². The van der Waals surface area contributed by atoms with Gasteiger partial charge in [0.1, 0.15) is 0 Å². The van der Waals surface area contributed by atoms with Crippen molar-refractivity contribution in [3.63, 3.8) is 0 Å². The molecule has 1 aromatic carbocycles. The maximum atomic E-state index is 5.88. The number of hydrogen-bond donors (Lipinski definition) is 1. The lowest BCUT2D eigenvalue weighted by atomic mass is 10.1. The van der Waals surface area contributed by atoms with Crippen molar-refractivity contribution in [2.75, 3.05) is 24.6 Å². The fourth-order valence-corrected chi connectivity index (χ4v) is 2.75. The highest BCUT2D eigenvalue weighted by Gasteiger charge is 2.19. The molecule has 0 saturated carbocycles. The average Bonchev–Trinajstić information content (AvgIpc) is 2.28. The highest BCUT2D eigenvalue weighted by molar-refractivity contribution is 9.10. The summed E-state index contributed by atoms with van der Waals surface area (Å²) in [7, 11) is 0. The SMILES string of the molecule is CC1CN(c2ccc([C@@H](C)N)cc2Br)CCO1. The molecule has 2 rings (SSSR count). The molecule has 1 unspecified atom stereocenters. The summed E-state index contributed by atoms with van der Waals surface area (Å²) in [6.45, 7) is 6.79.